The van der Waals surface area contributed by atoms with E-state index in [0.29, 0.717) is 0 Å². The Bertz CT molecular complexity index is 1470. The molecule has 0 radical (unpaired) electrons. The number of carbonyl (C=O) groups excluding carboxylic acids is 4. The van der Waals surface area contributed by atoms with Gasteiger partial charge in [0.05, 0.1) is 0 Å². The van der Waals surface area contributed by atoms with E-state index in [0.717, 1.165) is 0 Å². The van der Waals surface area contributed by atoms with E-state index in [1.165, 1.54) is 13.8 Å². The number of ether oxygens (including phenoxy) is 4. The molecule has 0 saturated heterocycles. The molecular formula is C33H37F15O8. The van der Waals surface area contributed by atoms with Crippen LogP contribution in [0.3, 0.4) is 0 Å². The SMILES string of the molecule is CC(CCC(=O)OC(C(F)(F)F)C(F)(F)F)[C@H]1CC[C@H]2[C@@H]3[C@@H](OC(=O)C(F)(F)F)[C@@H](OC(=O)C(F)(F)F)[C@@H]4C[C@H](OC(=O)C(F)(F)F)CC[C@]4(C)[C@H]3CC[C@]12C. The van der Waals surface area contributed by atoms with Crippen LogP contribution >= 0.6 is 0 Å². The first-order chi connectivity index (χ1) is 25.2. The summed E-state index contributed by atoms with van der Waals surface area (Å²) in [6.45, 7) is 4.65. The van der Waals surface area contributed by atoms with Crippen molar-refractivity contribution in [2.24, 2.45) is 46.3 Å². The van der Waals surface area contributed by atoms with E-state index < -0.39 is 138 Å². The van der Waals surface area contributed by atoms with Crippen LogP contribution in [0.2, 0.25) is 0 Å². The Hall–Kier alpha value is -3.17. The zero-order valence-electron chi connectivity index (χ0n) is 29.6. The number of halogens is 15. The Morgan fingerprint density at radius 2 is 1.07 bits per heavy atom. The lowest BCUT2D eigenvalue weighted by molar-refractivity contribution is -0.313. The van der Waals surface area contributed by atoms with Crippen molar-refractivity contribution in [1.29, 1.82) is 0 Å². The second-order valence-corrected chi connectivity index (χ2v) is 15.6. The van der Waals surface area contributed by atoms with Gasteiger partial charge in [0.25, 0.3) is 6.10 Å². The van der Waals surface area contributed by atoms with Crippen molar-refractivity contribution in [3.8, 4) is 0 Å². The predicted octanol–water partition coefficient (Wildman–Crippen LogP) is 8.74. The van der Waals surface area contributed by atoms with Gasteiger partial charge in [0, 0.05) is 18.3 Å². The minimum absolute atomic E-state index is 0.0573. The minimum atomic E-state index is -5.97. The van der Waals surface area contributed by atoms with Gasteiger partial charge < -0.3 is 18.9 Å². The third-order valence-electron chi connectivity index (χ3n) is 12.5. The quantitative estimate of drug-likeness (QED) is 0.136. The summed E-state index contributed by atoms with van der Waals surface area (Å²) in [4.78, 5) is 48.6. The second kappa shape index (κ2) is 15.2. The molecule has 0 amide bonds. The summed E-state index contributed by atoms with van der Waals surface area (Å²) in [7, 11) is 0. The van der Waals surface area contributed by atoms with Crippen LogP contribution in [0.4, 0.5) is 65.9 Å². The van der Waals surface area contributed by atoms with Crippen molar-refractivity contribution in [1.82, 2.24) is 0 Å². The highest BCUT2D eigenvalue weighted by Crippen LogP contribution is 2.69. The third kappa shape index (κ3) is 9.25. The van der Waals surface area contributed by atoms with Crippen molar-refractivity contribution in [2.45, 2.75) is 134 Å². The average Bonchev–Trinajstić information content (AvgIpc) is 3.39. The topological polar surface area (TPSA) is 105 Å². The molecule has 11 atom stereocenters. The van der Waals surface area contributed by atoms with Gasteiger partial charge in [0.1, 0.15) is 18.3 Å². The number of rotatable bonds is 8. The van der Waals surface area contributed by atoms with E-state index in [1.54, 1.807) is 6.92 Å². The Labute approximate surface area is 308 Å². The molecular weight excluding hydrogens is 809 g/mol. The van der Waals surface area contributed by atoms with Crippen LogP contribution in [0.1, 0.15) is 78.6 Å². The number of alkyl halides is 15. The van der Waals surface area contributed by atoms with E-state index in [2.05, 4.69) is 9.47 Å². The normalized spacial score (nSPS) is 34.4. The molecule has 4 rings (SSSR count). The molecule has 4 saturated carbocycles. The zero-order chi connectivity index (χ0) is 42.8. The zero-order valence-corrected chi connectivity index (χ0v) is 29.6. The molecule has 4 aliphatic rings. The molecule has 0 heterocycles. The van der Waals surface area contributed by atoms with Gasteiger partial charge in [0.2, 0.25) is 0 Å². The van der Waals surface area contributed by atoms with Gasteiger partial charge in [-0.2, -0.15) is 65.9 Å². The van der Waals surface area contributed by atoms with Crippen molar-refractivity contribution in [3.05, 3.63) is 0 Å². The van der Waals surface area contributed by atoms with Crippen LogP contribution < -0.4 is 0 Å². The number of hydrogen-bond donors (Lipinski definition) is 0. The number of esters is 4. The Balaban J connectivity index is 1.70. The maximum absolute atomic E-state index is 13.7. The predicted molar refractivity (Wildman–Crippen MR) is 154 cm³/mol. The molecule has 8 nitrogen and oxygen atoms in total. The van der Waals surface area contributed by atoms with Gasteiger partial charge in [-0.3, -0.25) is 4.79 Å². The fraction of sp³-hybridized carbons (Fsp3) is 0.879. The van der Waals surface area contributed by atoms with Gasteiger partial charge in [0.15, 0.2) is 0 Å². The summed E-state index contributed by atoms with van der Waals surface area (Å²) in [5, 5.41) is 0. The maximum atomic E-state index is 13.7. The highest BCUT2D eigenvalue weighted by molar-refractivity contribution is 5.77. The van der Waals surface area contributed by atoms with Gasteiger partial charge >= 0.3 is 54.8 Å². The van der Waals surface area contributed by atoms with Gasteiger partial charge in [-0.05, 0) is 85.9 Å². The van der Waals surface area contributed by atoms with E-state index in [1.807, 2.05) is 0 Å². The van der Waals surface area contributed by atoms with Crippen LogP contribution in [0, 0.1) is 46.3 Å². The lowest BCUT2D eigenvalue weighted by Gasteiger charge is -2.64. The maximum Gasteiger partial charge on any atom is 0.490 e. The fourth-order valence-corrected chi connectivity index (χ4v) is 10.2. The molecule has 0 aromatic carbocycles. The molecule has 56 heavy (non-hydrogen) atoms. The third-order valence-corrected chi connectivity index (χ3v) is 12.5. The molecule has 0 bridgehead atoms. The molecule has 0 N–H and O–H groups in total. The summed E-state index contributed by atoms with van der Waals surface area (Å²) < 4.78 is 217. The molecule has 4 aliphatic carbocycles. The number of carbonyl (C=O) groups is 4. The fourth-order valence-electron chi connectivity index (χ4n) is 10.2. The van der Waals surface area contributed by atoms with Crippen molar-refractivity contribution in [2.75, 3.05) is 0 Å². The standard InChI is InChI=1S/C33H37F15O8/c1-13(4-7-19(49)54-23(29(34,35)36)30(37,38)39)15-5-6-16-20-17(9-11-27(15,16)2)28(3)10-8-14(53-24(50)31(40,41)42)12-18(28)21(55-25(51)32(43,44)45)22(20)56-26(52)33(46,47)48/h13-18,20-23H,4-12H2,1-3H3/t13?,14-,15-,16+,17+,18+,20+,21+,22-,27-,28-/m1/s1. The Kier molecular flexibility index (Phi) is 12.4. The Morgan fingerprint density at radius 3 is 1.57 bits per heavy atom. The van der Waals surface area contributed by atoms with Crippen LogP contribution in [0.25, 0.3) is 0 Å². The van der Waals surface area contributed by atoms with E-state index in [4.69, 9.17) is 9.47 Å². The summed E-state index contributed by atoms with van der Waals surface area (Å²) in [5.74, 6) is -16.0. The van der Waals surface area contributed by atoms with Crippen molar-refractivity contribution in [3.63, 3.8) is 0 Å². The van der Waals surface area contributed by atoms with Gasteiger partial charge in [-0.25, -0.2) is 14.4 Å². The first-order valence-corrected chi connectivity index (χ1v) is 17.4. The molecule has 23 heteroatoms. The smallest absolute Gasteiger partial charge is 0.456 e. The molecule has 322 valence electrons. The molecule has 4 fully saturated rings. The lowest BCUT2D eigenvalue weighted by Crippen LogP contribution is -2.66. The van der Waals surface area contributed by atoms with Crippen molar-refractivity contribution < 1.29 is 104 Å². The minimum Gasteiger partial charge on any atom is -0.456 e. The van der Waals surface area contributed by atoms with Gasteiger partial charge in [-0.15, -0.1) is 0 Å². The number of hydrogen-bond acceptors (Lipinski definition) is 8. The highest BCUT2D eigenvalue weighted by Gasteiger charge is 2.69. The van der Waals surface area contributed by atoms with Crippen molar-refractivity contribution >= 4 is 23.9 Å². The van der Waals surface area contributed by atoms with Crippen LogP contribution in [-0.4, -0.2) is 79.2 Å². The van der Waals surface area contributed by atoms with E-state index >= 15 is 0 Å². The summed E-state index contributed by atoms with van der Waals surface area (Å²) in [6, 6.07) is 0. The average molecular weight is 847 g/mol. The lowest BCUT2D eigenvalue weighted by atomic mass is 9.43. The molecule has 1 unspecified atom stereocenters. The molecule has 0 spiro atoms. The summed E-state index contributed by atoms with van der Waals surface area (Å²) >= 11 is 0. The highest BCUT2D eigenvalue weighted by atomic mass is 19.4. The van der Waals surface area contributed by atoms with Crippen LogP contribution in [0.15, 0.2) is 0 Å². The first-order valence-electron chi connectivity index (χ1n) is 17.4. The Morgan fingerprint density at radius 1 is 0.607 bits per heavy atom. The van der Waals surface area contributed by atoms with Gasteiger partial charge in [-0.1, -0.05) is 20.8 Å². The molecule has 0 aliphatic heterocycles. The first kappa shape index (κ1) is 45.5. The largest absolute Gasteiger partial charge is 0.490 e. The molecule has 0 aromatic heterocycles. The number of fused-ring (bicyclic) bond motifs is 5. The molecule has 0 aromatic rings. The summed E-state index contributed by atoms with van der Waals surface area (Å²) in [5.41, 5.74) is -2.33. The van der Waals surface area contributed by atoms with Crippen LogP contribution in [-0.2, 0) is 38.1 Å². The summed E-state index contributed by atoms with van der Waals surface area (Å²) in [6.07, 6.45) is -41.5. The van der Waals surface area contributed by atoms with E-state index in [9.17, 15) is 85.0 Å². The van der Waals surface area contributed by atoms with Crippen LogP contribution in [0.5, 0.6) is 0 Å². The van der Waals surface area contributed by atoms with E-state index in [-0.39, 0.29) is 44.9 Å². The second-order valence-electron chi connectivity index (χ2n) is 15.6. The monoisotopic (exact) mass is 846 g/mol.